The molecular formula is C15H13FO4S. The van der Waals surface area contributed by atoms with Gasteiger partial charge >= 0.3 is 5.97 Å². The second-order valence-electron chi connectivity index (χ2n) is 4.50. The summed E-state index contributed by atoms with van der Waals surface area (Å²) in [6, 6.07) is 11.8. The Balaban J connectivity index is 2.22. The summed E-state index contributed by atoms with van der Waals surface area (Å²) in [6.07, 6.45) is 0.267. The van der Waals surface area contributed by atoms with Crippen LogP contribution < -0.4 is 0 Å². The lowest BCUT2D eigenvalue weighted by atomic mass is 10.2. The molecule has 4 nitrogen and oxygen atoms in total. The van der Waals surface area contributed by atoms with E-state index in [2.05, 4.69) is 0 Å². The van der Waals surface area contributed by atoms with Crippen molar-refractivity contribution in [3.05, 3.63) is 65.5 Å². The van der Waals surface area contributed by atoms with E-state index >= 15 is 0 Å². The summed E-state index contributed by atoms with van der Waals surface area (Å²) in [7, 11) is -3.80. The fourth-order valence-corrected chi connectivity index (χ4v) is 3.25. The number of sulfone groups is 1. The van der Waals surface area contributed by atoms with Gasteiger partial charge in [0, 0.05) is 0 Å². The maximum Gasteiger partial charge on any atom is 0.335 e. The number of aromatic carboxylic acids is 1. The lowest BCUT2D eigenvalue weighted by molar-refractivity contribution is 0.0696. The third-order valence-corrected chi connectivity index (χ3v) is 4.76. The molecule has 0 atom stereocenters. The molecule has 0 aliphatic carbocycles. The standard InChI is InChI=1S/C15H13FO4S/c16-13-10-12(15(17)18)6-7-14(13)21(19,20)9-8-11-4-2-1-3-5-11/h1-7,10H,8-9H2,(H,17,18). The summed E-state index contributed by atoms with van der Waals surface area (Å²) in [4.78, 5) is 10.2. The van der Waals surface area contributed by atoms with Crippen LogP contribution in [0.3, 0.4) is 0 Å². The highest BCUT2D eigenvalue weighted by Crippen LogP contribution is 2.18. The Hall–Kier alpha value is -2.21. The SMILES string of the molecule is O=C(O)c1ccc(S(=O)(=O)CCc2ccccc2)c(F)c1. The molecule has 0 heterocycles. The molecule has 21 heavy (non-hydrogen) atoms. The molecule has 0 fully saturated rings. The van der Waals surface area contributed by atoms with E-state index < -0.39 is 26.5 Å². The van der Waals surface area contributed by atoms with Crippen molar-refractivity contribution in [2.45, 2.75) is 11.3 Å². The smallest absolute Gasteiger partial charge is 0.335 e. The van der Waals surface area contributed by atoms with Crippen LogP contribution in [0.1, 0.15) is 15.9 Å². The number of hydrogen-bond donors (Lipinski definition) is 1. The Labute approximate surface area is 121 Å². The van der Waals surface area contributed by atoms with E-state index in [1.165, 1.54) is 0 Å². The quantitative estimate of drug-likeness (QED) is 0.921. The summed E-state index contributed by atoms with van der Waals surface area (Å²) in [5.74, 6) is -2.58. The van der Waals surface area contributed by atoms with Gasteiger partial charge in [-0.15, -0.1) is 0 Å². The van der Waals surface area contributed by atoms with E-state index in [4.69, 9.17) is 5.11 Å². The molecule has 0 aliphatic rings. The fourth-order valence-electron chi connectivity index (χ4n) is 1.89. The first kappa shape index (κ1) is 15.2. The van der Waals surface area contributed by atoms with Gasteiger partial charge in [-0.3, -0.25) is 0 Å². The molecule has 0 unspecified atom stereocenters. The van der Waals surface area contributed by atoms with E-state index in [9.17, 15) is 17.6 Å². The summed E-state index contributed by atoms with van der Waals surface area (Å²) < 4.78 is 38.0. The van der Waals surface area contributed by atoms with Crippen LogP contribution in [0.5, 0.6) is 0 Å². The molecule has 2 rings (SSSR count). The predicted octanol–water partition coefficient (Wildman–Crippen LogP) is 2.54. The lowest BCUT2D eigenvalue weighted by Gasteiger charge is -2.06. The van der Waals surface area contributed by atoms with Gasteiger partial charge in [-0.05, 0) is 30.2 Å². The van der Waals surface area contributed by atoms with Gasteiger partial charge in [-0.2, -0.15) is 0 Å². The third-order valence-electron chi connectivity index (χ3n) is 3.02. The highest BCUT2D eigenvalue weighted by Gasteiger charge is 2.20. The van der Waals surface area contributed by atoms with Crippen molar-refractivity contribution < 1.29 is 22.7 Å². The van der Waals surface area contributed by atoms with Gasteiger partial charge in [0.05, 0.1) is 11.3 Å². The zero-order valence-corrected chi connectivity index (χ0v) is 11.8. The summed E-state index contributed by atoms with van der Waals surface area (Å²) in [6.45, 7) is 0. The number of carboxylic acid groups (broad SMARTS) is 1. The maximum absolute atomic E-state index is 13.8. The number of halogens is 1. The first-order chi connectivity index (χ1) is 9.90. The van der Waals surface area contributed by atoms with Crippen LogP contribution in [0.4, 0.5) is 4.39 Å². The largest absolute Gasteiger partial charge is 0.478 e. The van der Waals surface area contributed by atoms with Crippen LogP contribution in [0, 0.1) is 5.82 Å². The van der Waals surface area contributed by atoms with Gasteiger partial charge in [0.25, 0.3) is 0 Å². The fraction of sp³-hybridized carbons (Fsp3) is 0.133. The summed E-state index contributed by atoms with van der Waals surface area (Å²) in [5.41, 5.74) is 0.554. The summed E-state index contributed by atoms with van der Waals surface area (Å²) in [5, 5.41) is 8.74. The highest BCUT2D eigenvalue weighted by molar-refractivity contribution is 7.91. The maximum atomic E-state index is 13.8. The summed E-state index contributed by atoms with van der Waals surface area (Å²) >= 11 is 0. The number of aryl methyl sites for hydroxylation is 1. The van der Waals surface area contributed by atoms with Crippen molar-refractivity contribution in [2.75, 3.05) is 5.75 Å². The van der Waals surface area contributed by atoms with E-state index in [1.54, 1.807) is 24.3 Å². The van der Waals surface area contributed by atoms with Crippen molar-refractivity contribution in [1.29, 1.82) is 0 Å². The first-order valence-corrected chi connectivity index (χ1v) is 7.85. The van der Waals surface area contributed by atoms with Crippen LogP contribution in [0.15, 0.2) is 53.4 Å². The van der Waals surface area contributed by atoms with Crippen LogP contribution in [0.25, 0.3) is 0 Å². The number of benzene rings is 2. The van der Waals surface area contributed by atoms with Crippen LogP contribution in [-0.4, -0.2) is 25.2 Å². The van der Waals surface area contributed by atoms with Crippen molar-refractivity contribution >= 4 is 15.8 Å². The van der Waals surface area contributed by atoms with Gasteiger partial charge in [-0.1, -0.05) is 30.3 Å². The van der Waals surface area contributed by atoms with Gasteiger partial charge in [0.1, 0.15) is 10.7 Å². The molecule has 0 amide bonds. The Morgan fingerprint density at radius 2 is 1.76 bits per heavy atom. The minimum atomic E-state index is -3.80. The first-order valence-electron chi connectivity index (χ1n) is 6.20. The zero-order chi connectivity index (χ0) is 15.5. The molecule has 0 spiro atoms. The molecule has 2 aromatic rings. The van der Waals surface area contributed by atoms with Gasteiger partial charge in [0.2, 0.25) is 0 Å². The second kappa shape index (κ2) is 6.05. The number of hydrogen-bond acceptors (Lipinski definition) is 3. The molecule has 0 saturated heterocycles. The minimum absolute atomic E-state index is 0.236. The minimum Gasteiger partial charge on any atom is -0.478 e. The number of carbonyl (C=O) groups is 1. The van der Waals surface area contributed by atoms with E-state index in [1.807, 2.05) is 6.07 Å². The molecule has 0 radical (unpaired) electrons. The number of rotatable bonds is 5. The third kappa shape index (κ3) is 3.66. The molecule has 2 aromatic carbocycles. The van der Waals surface area contributed by atoms with E-state index in [-0.39, 0.29) is 17.7 Å². The zero-order valence-electron chi connectivity index (χ0n) is 11.0. The van der Waals surface area contributed by atoms with Gasteiger partial charge < -0.3 is 5.11 Å². The molecule has 1 N–H and O–H groups in total. The molecule has 0 aromatic heterocycles. The van der Waals surface area contributed by atoms with Crippen molar-refractivity contribution in [3.63, 3.8) is 0 Å². The topological polar surface area (TPSA) is 71.4 Å². The Morgan fingerprint density at radius 1 is 1.10 bits per heavy atom. The van der Waals surface area contributed by atoms with Gasteiger partial charge in [-0.25, -0.2) is 17.6 Å². The second-order valence-corrected chi connectivity index (χ2v) is 6.58. The lowest BCUT2D eigenvalue weighted by Crippen LogP contribution is -2.12. The Bertz CT molecular complexity index is 754. The molecule has 0 bridgehead atoms. The molecule has 110 valence electrons. The van der Waals surface area contributed by atoms with Crippen molar-refractivity contribution in [3.8, 4) is 0 Å². The van der Waals surface area contributed by atoms with Crippen LogP contribution in [0.2, 0.25) is 0 Å². The molecule has 0 aliphatic heterocycles. The average Bonchev–Trinajstić information content (AvgIpc) is 2.46. The molecular weight excluding hydrogens is 295 g/mol. The monoisotopic (exact) mass is 308 g/mol. The Kier molecular flexibility index (Phi) is 4.37. The van der Waals surface area contributed by atoms with Crippen molar-refractivity contribution in [1.82, 2.24) is 0 Å². The van der Waals surface area contributed by atoms with E-state index in [0.29, 0.717) is 0 Å². The highest BCUT2D eigenvalue weighted by atomic mass is 32.2. The average molecular weight is 308 g/mol. The normalized spacial score (nSPS) is 11.3. The van der Waals surface area contributed by atoms with Crippen LogP contribution >= 0.6 is 0 Å². The molecule has 6 heteroatoms. The number of carboxylic acids is 1. The predicted molar refractivity (Wildman–Crippen MR) is 75.6 cm³/mol. The Morgan fingerprint density at radius 3 is 2.33 bits per heavy atom. The van der Waals surface area contributed by atoms with Crippen molar-refractivity contribution in [2.24, 2.45) is 0 Å². The van der Waals surface area contributed by atoms with Crippen LogP contribution in [-0.2, 0) is 16.3 Å². The molecule has 0 saturated carbocycles. The van der Waals surface area contributed by atoms with E-state index in [0.717, 1.165) is 23.8 Å². The van der Waals surface area contributed by atoms with Gasteiger partial charge in [0.15, 0.2) is 9.84 Å².